The largest absolute Gasteiger partial charge is 0.507 e. The van der Waals surface area contributed by atoms with Crippen LogP contribution in [-0.2, 0) is 34.0 Å². The number of pyridine rings is 1. The maximum atomic E-state index is 11.9. The van der Waals surface area contributed by atoms with Crippen LogP contribution in [0, 0.1) is 6.92 Å². The van der Waals surface area contributed by atoms with Crippen LogP contribution in [0.2, 0.25) is 0 Å². The Hall–Kier alpha value is -3.98. The van der Waals surface area contributed by atoms with Gasteiger partial charge in [0.25, 0.3) is 11.8 Å². The Balaban J connectivity index is 1.56. The van der Waals surface area contributed by atoms with E-state index in [1.807, 2.05) is 43.3 Å². The number of nitrogens with zero attached hydrogens (tertiary/aromatic N) is 4. The van der Waals surface area contributed by atoms with Gasteiger partial charge in [-0.15, -0.1) is 0 Å². The summed E-state index contributed by atoms with van der Waals surface area (Å²) < 4.78 is 2.18. The number of imidazole rings is 1. The first-order valence-electron chi connectivity index (χ1n) is 12.2. The lowest BCUT2D eigenvalue weighted by Gasteiger charge is -2.17. The highest BCUT2D eigenvalue weighted by molar-refractivity contribution is 6.06. The van der Waals surface area contributed by atoms with Crippen molar-refractivity contribution in [1.82, 2.24) is 19.6 Å². The second kappa shape index (κ2) is 9.58. The van der Waals surface area contributed by atoms with E-state index >= 15 is 0 Å². The van der Waals surface area contributed by atoms with Crippen molar-refractivity contribution in [2.75, 3.05) is 5.73 Å². The maximum absolute atomic E-state index is 11.9. The van der Waals surface area contributed by atoms with E-state index < -0.39 is 0 Å². The number of carbonyl (C=O) groups is 2. The van der Waals surface area contributed by atoms with Gasteiger partial charge in [-0.05, 0) is 36.6 Å². The molecule has 2 amide bonds. The zero-order chi connectivity index (χ0) is 25.4. The molecule has 0 spiro atoms. The highest BCUT2D eigenvalue weighted by Crippen LogP contribution is 2.32. The summed E-state index contributed by atoms with van der Waals surface area (Å²) in [5.74, 6) is 0.676. The van der Waals surface area contributed by atoms with Crippen LogP contribution in [0.4, 0.5) is 5.82 Å². The van der Waals surface area contributed by atoms with E-state index in [0.29, 0.717) is 29.0 Å². The van der Waals surface area contributed by atoms with Crippen LogP contribution >= 0.6 is 0 Å². The number of aryl methyl sites for hydroxylation is 2. The first-order valence-corrected chi connectivity index (χ1v) is 12.2. The third-order valence-electron chi connectivity index (χ3n) is 6.58. The minimum Gasteiger partial charge on any atom is -0.507 e. The summed E-state index contributed by atoms with van der Waals surface area (Å²) >= 11 is 0. The second-order valence-corrected chi connectivity index (χ2v) is 9.20. The fourth-order valence-electron chi connectivity index (χ4n) is 4.75. The van der Waals surface area contributed by atoms with Crippen LogP contribution in [0.15, 0.2) is 36.4 Å². The molecule has 3 N–H and O–H groups in total. The van der Waals surface area contributed by atoms with Crippen LogP contribution in [0.3, 0.4) is 0 Å². The lowest BCUT2D eigenvalue weighted by molar-refractivity contribution is -0.191. The molecule has 0 bridgehead atoms. The number of para-hydroxylation sites is 1. The van der Waals surface area contributed by atoms with Gasteiger partial charge in [0.2, 0.25) is 0 Å². The molecule has 36 heavy (non-hydrogen) atoms. The Morgan fingerprint density at radius 1 is 1.11 bits per heavy atom. The lowest BCUT2D eigenvalue weighted by atomic mass is 10.0. The smallest absolute Gasteiger partial charge is 0.254 e. The van der Waals surface area contributed by atoms with Gasteiger partial charge in [-0.3, -0.25) is 14.4 Å². The van der Waals surface area contributed by atoms with Crippen molar-refractivity contribution in [1.29, 1.82) is 0 Å². The van der Waals surface area contributed by atoms with E-state index in [1.165, 1.54) is 0 Å². The number of hydroxylamine groups is 2. The lowest BCUT2D eigenvalue weighted by Crippen LogP contribution is -2.29. The fourth-order valence-corrected chi connectivity index (χ4v) is 4.75. The van der Waals surface area contributed by atoms with Crippen molar-refractivity contribution < 1.29 is 19.5 Å². The summed E-state index contributed by atoms with van der Waals surface area (Å²) in [5.41, 5.74) is 10.9. The fraction of sp³-hybridized carbons (Fsp3) is 0.333. The predicted octanol–water partition coefficient (Wildman–Crippen LogP) is 4.15. The van der Waals surface area contributed by atoms with Gasteiger partial charge in [0, 0.05) is 36.8 Å². The van der Waals surface area contributed by atoms with E-state index in [4.69, 9.17) is 15.6 Å². The molecule has 9 nitrogen and oxygen atoms in total. The molecule has 1 saturated heterocycles. The number of hydrogen-bond donors (Lipinski definition) is 2. The minimum absolute atomic E-state index is 0.0819. The molecule has 1 aliphatic rings. The molecule has 2 aromatic carbocycles. The second-order valence-electron chi connectivity index (χ2n) is 9.20. The standard InChI is InChI=1S/C27H29N5O4/c1-3-4-9-21-30-24-25(19-7-5-6-8-20(19)29-27(24)28)31(21)14-17-12-16(2)26(35)18(13-17)15-36-32-22(33)10-11-23(32)34/h5-8,12-13,35H,3-4,9-11,14-15H2,1-2H3,(H2,28,29). The Kier molecular flexibility index (Phi) is 6.32. The number of unbranched alkanes of at least 4 members (excludes halogenated alkanes) is 1. The minimum atomic E-state index is -0.365. The number of fused-ring (bicyclic) bond motifs is 3. The van der Waals surface area contributed by atoms with Crippen molar-refractivity contribution in [2.24, 2.45) is 0 Å². The van der Waals surface area contributed by atoms with Crippen LogP contribution in [0.25, 0.3) is 21.9 Å². The van der Waals surface area contributed by atoms with Gasteiger partial charge in [0.1, 0.15) is 23.7 Å². The molecule has 5 rings (SSSR count). The number of nitrogens with two attached hydrogens (primary N) is 1. The Morgan fingerprint density at radius 2 is 1.86 bits per heavy atom. The van der Waals surface area contributed by atoms with Crippen molar-refractivity contribution >= 4 is 39.6 Å². The number of benzene rings is 2. The SMILES string of the molecule is CCCCc1nc2c(N)nc3ccccc3c2n1Cc1cc(C)c(O)c(CON2C(=O)CCC2=O)c1. The molecular weight excluding hydrogens is 458 g/mol. The van der Waals surface area contributed by atoms with Crippen molar-refractivity contribution in [3.63, 3.8) is 0 Å². The molecule has 1 aliphatic heterocycles. The van der Waals surface area contributed by atoms with Crippen LogP contribution < -0.4 is 5.73 Å². The maximum Gasteiger partial charge on any atom is 0.254 e. The zero-order valence-corrected chi connectivity index (χ0v) is 20.5. The van der Waals surface area contributed by atoms with Crippen molar-refractivity contribution in [3.8, 4) is 5.75 Å². The molecule has 4 aromatic rings. The van der Waals surface area contributed by atoms with E-state index in [0.717, 1.165) is 52.1 Å². The first-order chi connectivity index (χ1) is 17.4. The summed E-state index contributed by atoms with van der Waals surface area (Å²) in [6.45, 7) is 4.36. The van der Waals surface area contributed by atoms with E-state index in [-0.39, 0.29) is 37.0 Å². The van der Waals surface area contributed by atoms with Gasteiger partial charge in [-0.2, -0.15) is 5.06 Å². The predicted molar refractivity (Wildman–Crippen MR) is 136 cm³/mol. The van der Waals surface area contributed by atoms with E-state index in [2.05, 4.69) is 16.5 Å². The average molecular weight is 488 g/mol. The van der Waals surface area contributed by atoms with Gasteiger partial charge < -0.3 is 15.4 Å². The third kappa shape index (κ3) is 4.26. The van der Waals surface area contributed by atoms with Crippen molar-refractivity contribution in [2.45, 2.75) is 59.1 Å². The number of imide groups is 1. The first kappa shape index (κ1) is 23.7. The van der Waals surface area contributed by atoms with E-state index in [1.54, 1.807) is 0 Å². The Bertz CT molecular complexity index is 1480. The molecule has 0 saturated carbocycles. The quantitative estimate of drug-likeness (QED) is 0.358. The van der Waals surface area contributed by atoms with Crippen molar-refractivity contribution in [3.05, 3.63) is 58.9 Å². The zero-order valence-electron chi connectivity index (χ0n) is 20.5. The molecule has 186 valence electrons. The number of phenolic OH excluding ortho intramolecular Hbond substituents is 1. The molecule has 9 heteroatoms. The summed E-state index contributed by atoms with van der Waals surface area (Å²) in [5, 5.41) is 12.4. The van der Waals surface area contributed by atoms with Gasteiger partial charge in [0.05, 0.1) is 11.0 Å². The number of hydrogen-bond acceptors (Lipinski definition) is 7. The van der Waals surface area contributed by atoms with E-state index in [9.17, 15) is 14.7 Å². The Labute approximate surface area is 208 Å². The number of aromatic nitrogens is 3. The average Bonchev–Trinajstić information content (AvgIpc) is 3.38. The molecule has 0 atom stereocenters. The monoisotopic (exact) mass is 487 g/mol. The summed E-state index contributed by atoms with van der Waals surface area (Å²) in [7, 11) is 0. The topological polar surface area (TPSA) is 124 Å². The molecule has 2 aromatic heterocycles. The molecular formula is C27H29N5O4. The molecule has 3 heterocycles. The van der Waals surface area contributed by atoms with Gasteiger partial charge in [-0.1, -0.05) is 37.6 Å². The number of aromatic hydroxyl groups is 1. The molecule has 0 unspecified atom stereocenters. The number of nitrogen functional groups attached to an aromatic ring is 1. The highest BCUT2D eigenvalue weighted by atomic mass is 16.7. The molecule has 0 radical (unpaired) electrons. The number of anilines is 1. The highest BCUT2D eigenvalue weighted by Gasteiger charge is 2.30. The summed E-state index contributed by atoms with van der Waals surface area (Å²) in [6.07, 6.45) is 3.10. The number of carbonyl (C=O) groups excluding carboxylic acids is 2. The summed E-state index contributed by atoms with van der Waals surface area (Å²) in [4.78, 5) is 38.7. The van der Waals surface area contributed by atoms with Crippen LogP contribution in [-0.4, -0.2) is 36.5 Å². The van der Waals surface area contributed by atoms with Gasteiger partial charge in [-0.25, -0.2) is 9.97 Å². The molecule has 1 fully saturated rings. The summed E-state index contributed by atoms with van der Waals surface area (Å²) in [6, 6.07) is 11.6. The number of rotatable bonds is 8. The van der Waals surface area contributed by atoms with Crippen LogP contribution in [0.1, 0.15) is 55.1 Å². The van der Waals surface area contributed by atoms with Gasteiger partial charge in [0.15, 0.2) is 5.82 Å². The van der Waals surface area contributed by atoms with Crippen LogP contribution in [0.5, 0.6) is 5.75 Å². The number of amides is 2. The van der Waals surface area contributed by atoms with Gasteiger partial charge >= 0.3 is 0 Å². The third-order valence-corrected chi connectivity index (χ3v) is 6.58. The number of phenols is 1. The normalized spacial score (nSPS) is 14.0. The molecule has 0 aliphatic carbocycles. The Morgan fingerprint density at radius 3 is 2.61 bits per heavy atom.